The number of rotatable bonds is 5. The summed E-state index contributed by atoms with van der Waals surface area (Å²) in [6.07, 6.45) is 0.720. The van der Waals surface area contributed by atoms with Gasteiger partial charge in [-0.1, -0.05) is 18.2 Å². The van der Waals surface area contributed by atoms with Crippen molar-refractivity contribution < 1.29 is 28.7 Å². The minimum absolute atomic E-state index is 0.0323. The molecule has 0 spiro atoms. The molecule has 162 valence electrons. The number of carbonyl (C=O) groups excluding carboxylic acids is 2. The predicted octanol–water partition coefficient (Wildman–Crippen LogP) is 1.72. The molecule has 0 aliphatic carbocycles. The van der Waals surface area contributed by atoms with E-state index in [2.05, 4.69) is 0 Å². The molecule has 0 saturated carbocycles. The second-order valence-electron chi connectivity index (χ2n) is 8.43. The lowest BCUT2D eigenvalue weighted by Crippen LogP contribution is -3.06. The molecule has 1 fully saturated rings. The number of likely N-dealkylation sites (tertiary alicyclic amines) is 1. The molecule has 2 aliphatic rings. The average Bonchev–Trinajstić information content (AvgIpc) is 3.22. The number of nitrogens with one attached hydrogen (secondary N) is 1. The number of ether oxygens (including phenoxy) is 1. The SMILES string of the molecule is C[C@H]1Cc2cc(C(O)=C3C(=O)C(=O)N(CC[NH+](C)C)[C@@H]3c3ccccc3F)ccc2O1. The van der Waals surface area contributed by atoms with E-state index in [9.17, 15) is 19.1 Å². The van der Waals surface area contributed by atoms with E-state index in [0.29, 0.717) is 18.5 Å². The van der Waals surface area contributed by atoms with Crippen LogP contribution in [0.4, 0.5) is 4.39 Å². The van der Waals surface area contributed by atoms with Gasteiger partial charge in [0.15, 0.2) is 0 Å². The molecule has 1 saturated heterocycles. The number of Topliss-reactive ketones (excluding diaryl/α,β-unsaturated/α-hetero) is 1. The number of hydrogen-bond acceptors (Lipinski definition) is 4. The van der Waals surface area contributed by atoms with E-state index in [0.717, 1.165) is 16.2 Å². The van der Waals surface area contributed by atoms with Gasteiger partial charge in [0, 0.05) is 17.5 Å². The third-order valence-corrected chi connectivity index (χ3v) is 5.76. The second-order valence-corrected chi connectivity index (χ2v) is 8.43. The van der Waals surface area contributed by atoms with E-state index in [1.165, 1.54) is 11.0 Å². The van der Waals surface area contributed by atoms with Crippen molar-refractivity contribution in [2.45, 2.75) is 25.5 Å². The summed E-state index contributed by atoms with van der Waals surface area (Å²) >= 11 is 0. The van der Waals surface area contributed by atoms with E-state index in [4.69, 9.17) is 4.74 Å². The number of ketones is 1. The van der Waals surface area contributed by atoms with Crippen LogP contribution in [0.3, 0.4) is 0 Å². The Morgan fingerprint density at radius 3 is 2.68 bits per heavy atom. The highest BCUT2D eigenvalue weighted by Gasteiger charge is 2.47. The Bertz CT molecular complexity index is 1080. The van der Waals surface area contributed by atoms with Crippen molar-refractivity contribution in [3.63, 3.8) is 0 Å². The second kappa shape index (κ2) is 8.15. The standard InChI is InChI=1S/C24H25FN2O4/c1-14-12-16-13-15(8-9-19(16)31-14)22(28)20-21(17-6-4-5-7-18(17)25)27(11-10-26(2)3)24(30)23(20)29/h4-9,13-14,21,28H,10-12H2,1-3H3/p+1/t14-,21+/m0/s1. The fourth-order valence-corrected chi connectivity index (χ4v) is 4.20. The first-order chi connectivity index (χ1) is 14.8. The van der Waals surface area contributed by atoms with Gasteiger partial charge in [-0.05, 0) is 36.8 Å². The molecular formula is C24H26FN2O4+. The van der Waals surface area contributed by atoms with Crippen molar-refractivity contribution >= 4 is 17.4 Å². The molecule has 31 heavy (non-hydrogen) atoms. The molecule has 0 aromatic heterocycles. The molecule has 7 heteroatoms. The maximum Gasteiger partial charge on any atom is 0.295 e. The zero-order valence-corrected chi connectivity index (χ0v) is 17.8. The maximum atomic E-state index is 14.8. The van der Waals surface area contributed by atoms with Crippen LogP contribution in [0.25, 0.3) is 5.76 Å². The lowest BCUT2D eigenvalue weighted by Gasteiger charge is -2.26. The first-order valence-corrected chi connectivity index (χ1v) is 10.4. The molecule has 2 atom stereocenters. The summed E-state index contributed by atoms with van der Waals surface area (Å²) in [4.78, 5) is 28.3. The zero-order chi connectivity index (χ0) is 22.3. The average molecular weight is 425 g/mol. The summed E-state index contributed by atoms with van der Waals surface area (Å²) in [5.41, 5.74) is 1.43. The predicted molar refractivity (Wildman–Crippen MR) is 113 cm³/mol. The van der Waals surface area contributed by atoms with E-state index < -0.39 is 23.5 Å². The highest BCUT2D eigenvalue weighted by molar-refractivity contribution is 6.46. The zero-order valence-electron chi connectivity index (χ0n) is 17.8. The summed E-state index contributed by atoms with van der Waals surface area (Å²) in [5.74, 6) is -1.62. The van der Waals surface area contributed by atoms with Crippen LogP contribution in [0.15, 0.2) is 48.0 Å². The number of amides is 1. The number of quaternary nitrogens is 1. The van der Waals surface area contributed by atoms with Crippen LogP contribution in [0, 0.1) is 5.82 Å². The molecule has 6 nitrogen and oxygen atoms in total. The molecule has 0 unspecified atom stereocenters. The van der Waals surface area contributed by atoms with Gasteiger partial charge in [0.05, 0.1) is 38.8 Å². The number of benzene rings is 2. The number of fused-ring (bicyclic) bond motifs is 1. The highest BCUT2D eigenvalue weighted by Crippen LogP contribution is 2.41. The van der Waals surface area contributed by atoms with Gasteiger partial charge in [0.1, 0.15) is 23.4 Å². The molecule has 0 bridgehead atoms. The smallest absolute Gasteiger partial charge is 0.295 e. The number of nitrogens with zero attached hydrogens (tertiary/aromatic N) is 1. The Kier molecular flexibility index (Phi) is 5.54. The molecule has 2 aromatic rings. The van der Waals surface area contributed by atoms with Crippen molar-refractivity contribution in [1.82, 2.24) is 4.90 Å². The molecule has 2 N–H and O–H groups in total. The van der Waals surface area contributed by atoms with Crippen LogP contribution in [-0.4, -0.2) is 55.0 Å². The largest absolute Gasteiger partial charge is 0.507 e. The van der Waals surface area contributed by atoms with Crippen LogP contribution in [0.5, 0.6) is 5.75 Å². The van der Waals surface area contributed by atoms with E-state index in [1.807, 2.05) is 21.0 Å². The van der Waals surface area contributed by atoms with Crippen molar-refractivity contribution in [2.75, 3.05) is 27.2 Å². The van der Waals surface area contributed by atoms with Gasteiger partial charge in [-0.3, -0.25) is 9.59 Å². The van der Waals surface area contributed by atoms with Crippen molar-refractivity contribution in [3.8, 4) is 5.75 Å². The summed E-state index contributed by atoms with van der Waals surface area (Å²) < 4.78 is 20.5. The monoisotopic (exact) mass is 425 g/mol. The fourth-order valence-electron chi connectivity index (χ4n) is 4.20. The molecular weight excluding hydrogens is 399 g/mol. The molecule has 2 aromatic carbocycles. The Labute approximate surface area is 180 Å². The molecule has 2 heterocycles. The lowest BCUT2D eigenvalue weighted by atomic mass is 9.94. The van der Waals surface area contributed by atoms with Gasteiger partial charge in [0.25, 0.3) is 11.7 Å². The van der Waals surface area contributed by atoms with Gasteiger partial charge in [0.2, 0.25) is 0 Å². The van der Waals surface area contributed by atoms with E-state index in [-0.39, 0.29) is 29.5 Å². The molecule has 1 amide bonds. The van der Waals surface area contributed by atoms with E-state index >= 15 is 0 Å². The van der Waals surface area contributed by atoms with Crippen LogP contribution in [0.1, 0.15) is 29.7 Å². The summed E-state index contributed by atoms with van der Waals surface area (Å²) in [5, 5.41) is 11.1. The van der Waals surface area contributed by atoms with Gasteiger partial charge in [-0.25, -0.2) is 4.39 Å². The Morgan fingerprint density at radius 1 is 1.23 bits per heavy atom. The number of likely N-dealkylation sites (N-methyl/N-ethyl adjacent to an activating group) is 1. The third-order valence-electron chi connectivity index (χ3n) is 5.76. The van der Waals surface area contributed by atoms with Crippen LogP contribution in [-0.2, 0) is 16.0 Å². The number of halogens is 1. The highest BCUT2D eigenvalue weighted by atomic mass is 19.1. The third kappa shape index (κ3) is 3.81. The van der Waals surface area contributed by atoms with Crippen LogP contribution >= 0.6 is 0 Å². The van der Waals surface area contributed by atoms with Crippen molar-refractivity contribution in [1.29, 1.82) is 0 Å². The molecule has 4 rings (SSSR count). The topological polar surface area (TPSA) is 71.3 Å². The first kappa shape index (κ1) is 21.1. The number of hydrogen-bond donors (Lipinski definition) is 2. The summed E-state index contributed by atoms with van der Waals surface area (Å²) in [6, 6.07) is 10.2. The first-order valence-electron chi connectivity index (χ1n) is 10.4. The van der Waals surface area contributed by atoms with Gasteiger partial charge in [-0.2, -0.15) is 0 Å². The number of aliphatic hydroxyl groups excluding tert-OH is 1. The van der Waals surface area contributed by atoms with Crippen LogP contribution in [0.2, 0.25) is 0 Å². The molecule has 0 radical (unpaired) electrons. The molecule has 2 aliphatic heterocycles. The minimum atomic E-state index is -0.982. The Morgan fingerprint density at radius 2 is 1.97 bits per heavy atom. The van der Waals surface area contributed by atoms with E-state index in [1.54, 1.807) is 36.4 Å². The van der Waals surface area contributed by atoms with Crippen molar-refractivity contribution in [2.24, 2.45) is 0 Å². The number of aliphatic hydroxyl groups is 1. The van der Waals surface area contributed by atoms with Crippen molar-refractivity contribution in [3.05, 3.63) is 70.5 Å². The van der Waals surface area contributed by atoms with Crippen LogP contribution < -0.4 is 9.64 Å². The fraction of sp³-hybridized carbons (Fsp3) is 0.333. The normalized spacial score (nSPS) is 22.2. The summed E-state index contributed by atoms with van der Waals surface area (Å²) in [7, 11) is 3.87. The minimum Gasteiger partial charge on any atom is -0.507 e. The quantitative estimate of drug-likeness (QED) is 0.435. The Balaban J connectivity index is 1.84. The van der Waals surface area contributed by atoms with Gasteiger partial charge >= 0.3 is 0 Å². The lowest BCUT2D eigenvalue weighted by molar-refractivity contribution is -0.857. The van der Waals surface area contributed by atoms with Gasteiger partial charge in [-0.15, -0.1) is 0 Å². The van der Waals surface area contributed by atoms with Gasteiger partial charge < -0.3 is 19.6 Å². The Hall–Kier alpha value is -3.19. The maximum absolute atomic E-state index is 14.8. The number of carbonyl (C=O) groups is 2. The summed E-state index contributed by atoms with van der Waals surface area (Å²) in [6.45, 7) is 2.79.